The Morgan fingerprint density at radius 1 is 1.00 bits per heavy atom. The molecule has 3 rings (SSSR count). The predicted octanol–water partition coefficient (Wildman–Crippen LogP) is 3.21. The number of carbonyl (C=O) groups excluding carboxylic acids is 2. The molecule has 6 nitrogen and oxygen atoms in total. The van der Waals surface area contributed by atoms with Gasteiger partial charge in [0.05, 0.1) is 5.02 Å². The fraction of sp³-hybridized carbons (Fsp3) is 0. The minimum absolute atomic E-state index is 0.0532. The molecule has 26 heavy (non-hydrogen) atoms. The van der Waals surface area contributed by atoms with E-state index in [0.717, 1.165) is 10.1 Å². The molecular formula is C17H12ClN3O3S2. The number of hydrogen-bond donors (Lipinski definition) is 4. The van der Waals surface area contributed by atoms with Crippen molar-refractivity contribution < 1.29 is 14.7 Å². The molecule has 4 N–H and O–H groups in total. The molecule has 0 saturated carbocycles. The van der Waals surface area contributed by atoms with Crippen LogP contribution in [-0.2, 0) is 0 Å². The van der Waals surface area contributed by atoms with Gasteiger partial charge >= 0.3 is 0 Å². The Kier molecular flexibility index (Phi) is 5.36. The van der Waals surface area contributed by atoms with Crippen molar-refractivity contribution in [2.45, 2.75) is 0 Å². The molecule has 3 aromatic rings. The molecule has 0 bridgehead atoms. The highest BCUT2D eigenvalue weighted by atomic mass is 35.5. The Labute approximate surface area is 162 Å². The zero-order valence-corrected chi connectivity index (χ0v) is 15.5. The molecule has 0 aliphatic heterocycles. The summed E-state index contributed by atoms with van der Waals surface area (Å²) in [7, 11) is 0. The van der Waals surface area contributed by atoms with Crippen LogP contribution in [0.25, 0.3) is 10.1 Å². The summed E-state index contributed by atoms with van der Waals surface area (Å²) in [5.41, 5.74) is 5.13. The molecule has 0 saturated heterocycles. The molecule has 2 amide bonds. The predicted molar refractivity (Wildman–Crippen MR) is 106 cm³/mol. The molecule has 132 valence electrons. The third-order valence-corrected chi connectivity index (χ3v) is 5.27. The number of fused-ring (bicyclic) bond motifs is 1. The smallest absolute Gasteiger partial charge is 0.269 e. The first kappa shape index (κ1) is 18.1. The summed E-state index contributed by atoms with van der Waals surface area (Å²) in [6.45, 7) is 0. The Hall–Kier alpha value is -2.68. The van der Waals surface area contributed by atoms with Gasteiger partial charge in [-0.3, -0.25) is 25.8 Å². The number of nitrogens with one attached hydrogen (secondary N) is 3. The topological polar surface area (TPSA) is 90.5 Å². The summed E-state index contributed by atoms with van der Waals surface area (Å²) in [6, 6.07) is 13.1. The van der Waals surface area contributed by atoms with Gasteiger partial charge in [0.15, 0.2) is 5.11 Å². The van der Waals surface area contributed by atoms with E-state index in [1.54, 1.807) is 0 Å². The summed E-state index contributed by atoms with van der Waals surface area (Å²) in [4.78, 5) is 24.6. The Morgan fingerprint density at radius 3 is 2.38 bits per heavy atom. The van der Waals surface area contributed by atoms with Crippen LogP contribution in [-0.4, -0.2) is 22.0 Å². The van der Waals surface area contributed by atoms with Crippen molar-refractivity contribution in [2.75, 3.05) is 0 Å². The average molecular weight is 406 g/mol. The lowest BCUT2D eigenvalue weighted by molar-refractivity contribution is 0.0935. The van der Waals surface area contributed by atoms with Crippen molar-refractivity contribution in [3.05, 3.63) is 64.0 Å². The third kappa shape index (κ3) is 3.93. The first-order valence-electron chi connectivity index (χ1n) is 7.33. The van der Waals surface area contributed by atoms with Gasteiger partial charge in [0, 0.05) is 15.6 Å². The van der Waals surface area contributed by atoms with Crippen LogP contribution in [0.15, 0.2) is 48.5 Å². The van der Waals surface area contributed by atoms with Crippen molar-refractivity contribution >= 4 is 62.2 Å². The molecule has 0 unspecified atom stereocenters. The van der Waals surface area contributed by atoms with E-state index in [1.807, 2.05) is 24.3 Å². The van der Waals surface area contributed by atoms with Crippen LogP contribution in [0, 0.1) is 0 Å². The summed E-state index contributed by atoms with van der Waals surface area (Å²) in [5, 5.41) is 12.8. The second-order valence-electron chi connectivity index (χ2n) is 5.15. The maximum Gasteiger partial charge on any atom is 0.269 e. The number of rotatable bonds is 2. The molecule has 1 heterocycles. The number of thiophene rings is 1. The van der Waals surface area contributed by atoms with E-state index in [1.165, 1.54) is 35.6 Å². The van der Waals surface area contributed by atoms with Gasteiger partial charge in [-0.15, -0.1) is 11.3 Å². The molecule has 0 radical (unpaired) electrons. The van der Waals surface area contributed by atoms with Crippen molar-refractivity contribution in [1.82, 2.24) is 16.2 Å². The quantitative estimate of drug-likeness (QED) is 0.388. The summed E-state index contributed by atoms with van der Waals surface area (Å²) >= 11 is 12.5. The van der Waals surface area contributed by atoms with Gasteiger partial charge in [-0.25, -0.2) is 0 Å². The monoisotopic (exact) mass is 405 g/mol. The lowest BCUT2D eigenvalue weighted by atomic mass is 10.2. The molecule has 0 spiro atoms. The maximum absolute atomic E-state index is 12.3. The number of hydrazine groups is 1. The van der Waals surface area contributed by atoms with E-state index in [4.69, 9.17) is 23.8 Å². The number of thiocarbonyl (C=S) groups is 1. The van der Waals surface area contributed by atoms with Crippen LogP contribution in [0.5, 0.6) is 5.75 Å². The molecule has 0 fully saturated rings. The largest absolute Gasteiger partial charge is 0.508 e. The van der Waals surface area contributed by atoms with Gasteiger partial charge < -0.3 is 5.11 Å². The first-order valence-corrected chi connectivity index (χ1v) is 8.93. The first-order chi connectivity index (χ1) is 12.5. The second kappa shape index (κ2) is 7.69. The number of hydrogen-bond acceptors (Lipinski definition) is 5. The lowest BCUT2D eigenvalue weighted by Crippen LogP contribution is -2.48. The highest BCUT2D eigenvalue weighted by Crippen LogP contribution is 2.34. The van der Waals surface area contributed by atoms with E-state index in [0.29, 0.717) is 15.5 Å². The fourth-order valence-corrected chi connectivity index (χ4v) is 3.71. The highest BCUT2D eigenvalue weighted by molar-refractivity contribution is 7.80. The van der Waals surface area contributed by atoms with Crippen LogP contribution < -0.4 is 16.2 Å². The Morgan fingerprint density at radius 2 is 1.69 bits per heavy atom. The maximum atomic E-state index is 12.3. The molecule has 9 heteroatoms. The SMILES string of the molecule is O=C(NNC(=S)NC(=O)c1sc2ccccc2c1Cl)c1ccc(O)cc1. The van der Waals surface area contributed by atoms with Crippen molar-refractivity contribution in [1.29, 1.82) is 0 Å². The van der Waals surface area contributed by atoms with Crippen LogP contribution >= 0.6 is 35.2 Å². The molecule has 0 aliphatic rings. The number of phenolic OH excluding ortho intramolecular Hbond substituents is 1. The molecule has 0 atom stereocenters. The standard InChI is InChI=1S/C17H12ClN3O3S2/c18-13-11-3-1-2-4-12(11)26-14(13)16(24)19-17(25)21-20-15(23)9-5-7-10(22)8-6-9/h1-8,22H,(H,20,23)(H2,19,21,24,25). The summed E-state index contributed by atoms with van der Waals surface area (Å²) in [6.07, 6.45) is 0. The summed E-state index contributed by atoms with van der Waals surface area (Å²) < 4.78 is 0.891. The number of carbonyl (C=O) groups is 2. The summed E-state index contributed by atoms with van der Waals surface area (Å²) in [5.74, 6) is -0.883. The van der Waals surface area contributed by atoms with E-state index in [9.17, 15) is 14.7 Å². The van der Waals surface area contributed by atoms with Gasteiger partial charge in [-0.2, -0.15) is 0 Å². The van der Waals surface area contributed by atoms with Gasteiger partial charge in [0.2, 0.25) is 0 Å². The van der Waals surface area contributed by atoms with Gasteiger partial charge in [0.1, 0.15) is 10.6 Å². The second-order valence-corrected chi connectivity index (χ2v) is 6.99. The van der Waals surface area contributed by atoms with Gasteiger partial charge in [-0.05, 0) is 42.5 Å². The number of phenols is 1. The minimum Gasteiger partial charge on any atom is -0.508 e. The molecular weight excluding hydrogens is 394 g/mol. The highest BCUT2D eigenvalue weighted by Gasteiger charge is 2.18. The number of benzene rings is 2. The van der Waals surface area contributed by atoms with Gasteiger partial charge in [0.25, 0.3) is 11.8 Å². The third-order valence-electron chi connectivity index (χ3n) is 3.39. The van der Waals surface area contributed by atoms with E-state index < -0.39 is 11.8 Å². The van der Waals surface area contributed by atoms with Crippen LogP contribution in [0.4, 0.5) is 0 Å². The average Bonchev–Trinajstić information content (AvgIpc) is 2.97. The molecule has 2 aromatic carbocycles. The zero-order valence-electron chi connectivity index (χ0n) is 13.1. The number of amides is 2. The van der Waals surface area contributed by atoms with E-state index in [2.05, 4.69) is 16.2 Å². The Bertz CT molecular complexity index is 1000. The lowest BCUT2D eigenvalue weighted by Gasteiger charge is -2.10. The van der Waals surface area contributed by atoms with Crippen molar-refractivity contribution in [3.63, 3.8) is 0 Å². The zero-order chi connectivity index (χ0) is 18.7. The van der Waals surface area contributed by atoms with Crippen molar-refractivity contribution in [3.8, 4) is 5.75 Å². The van der Waals surface area contributed by atoms with Crippen LogP contribution in [0.3, 0.4) is 0 Å². The minimum atomic E-state index is -0.471. The van der Waals surface area contributed by atoms with E-state index >= 15 is 0 Å². The van der Waals surface area contributed by atoms with Crippen LogP contribution in [0.1, 0.15) is 20.0 Å². The van der Waals surface area contributed by atoms with Crippen molar-refractivity contribution in [2.24, 2.45) is 0 Å². The van der Waals surface area contributed by atoms with Gasteiger partial charge in [-0.1, -0.05) is 29.8 Å². The Balaban J connectivity index is 1.60. The normalized spacial score (nSPS) is 10.3. The van der Waals surface area contributed by atoms with E-state index in [-0.39, 0.29) is 10.9 Å². The number of halogens is 1. The number of aromatic hydroxyl groups is 1. The molecule has 0 aliphatic carbocycles. The molecule has 1 aromatic heterocycles. The fourth-order valence-electron chi connectivity index (χ4n) is 2.15. The van der Waals surface area contributed by atoms with Crippen LogP contribution in [0.2, 0.25) is 5.02 Å².